The Kier molecular flexibility index (Phi) is 7.26. The van der Waals surface area contributed by atoms with Crippen molar-refractivity contribution in [1.29, 1.82) is 0 Å². The molecule has 1 aliphatic heterocycles. The fourth-order valence-electron chi connectivity index (χ4n) is 3.77. The normalized spacial score (nSPS) is 14.6. The average molecular weight is 502 g/mol. The standard InChI is InChI=1S/C25H21Cl2NO6/c26-19-3-1-2-4-21(19)28(10-11-29)24(30)15-5-7-16(8-6-15)34-23-14-22-18(13-20(23)27)17(25(31)32)9-12-33-22/h1-8,13-14,17,29H,9-12H2,(H,31,32). The second-order valence-electron chi connectivity index (χ2n) is 7.61. The molecule has 3 aromatic carbocycles. The molecule has 1 amide bonds. The van der Waals surface area contributed by atoms with E-state index in [2.05, 4.69) is 0 Å². The predicted octanol–water partition coefficient (Wildman–Crippen LogP) is 5.38. The summed E-state index contributed by atoms with van der Waals surface area (Å²) in [4.78, 5) is 26.0. The molecule has 9 heteroatoms. The number of carboxylic acids is 1. The molecule has 0 aromatic heterocycles. The summed E-state index contributed by atoms with van der Waals surface area (Å²) >= 11 is 12.6. The molecule has 1 aliphatic rings. The molecule has 0 fully saturated rings. The van der Waals surface area contributed by atoms with Crippen LogP contribution in [0.2, 0.25) is 10.0 Å². The second kappa shape index (κ2) is 10.3. The lowest BCUT2D eigenvalue weighted by Crippen LogP contribution is -2.33. The lowest BCUT2D eigenvalue weighted by atomic mass is 9.93. The van der Waals surface area contributed by atoms with Crippen LogP contribution in [0.1, 0.15) is 28.3 Å². The van der Waals surface area contributed by atoms with Gasteiger partial charge in [0.1, 0.15) is 17.2 Å². The number of rotatable bonds is 7. The van der Waals surface area contributed by atoms with Crippen LogP contribution in [0.4, 0.5) is 5.69 Å². The number of carboxylic acid groups (broad SMARTS) is 1. The van der Waals surface area contributed by atoms with Gasteiger partial charge in [-0.3, -0.25) is 9.59 Å². The summed E-state index contributed by atoms with van der Waals surface area (Å²) in [5.74, 6) is -0.779. The van der Waals surface area contributed by atoms with Gasteiger partial charge in [-0.15, -0.1) is 0 Å². The number of amides is 1. The topological polar surface area (TPSA) is 96.3 Å². The highest BCUT2D eigenvalue weighted by atomic mass is 35.5. The van der Waals surface area contributed by atoms with E-state index in [0.717, 1.165) is 0 Å². The lowest BCUT2D eigenvalue weighted by molar-refractivity contribution is -0.139. The van der Waals surface area contributed by atoms with E-state index in [-0.39, 0.29) is 30.7 Å². The van der Waals surface area contributed by atoms with Crippen molar-refractivity contribution in [2.75, 3.05) is 24.7 Å². The summed E-state index contributed by atoms with van der Waals surface area (Å²) in [6, 6.07) is 16.5. The molecule has 0 bridgehead atoms. The molecule has 1 atom stereocenters. The third-order valence-corrected chi connectivity index (χ3v) is 6.06. The van der Waals surface area contributed by atoms with Crippen LogP contribution in [0, 0.1) is 0 Å². The minimum atomic E-state index is -0.929. The number of carbonyl (C=O) groups is 2. The predicted molar refractivity (Wildman–Crippen MR) is 129 cm³/mol. The van der Waals surface area contributed by atoms with E-state index >= 15 is 0 Å². The molecule has 3 aromatic rings. The zero-order valence-corrected chi connectivity index (χ0v) is 19.4. The van der Waals surface area contributed by atoms with Crippen LogP contribution in [0.3, 0.4) is 0 Å². The number of nitrogens with zero attached hydrogens (tertiary/aromatic N) is 1. The number of carbonyl (C=O) groups excluding carboxylic acids is 1. The molecule has 0 saturated carbocycles. The summed E-state index contributed by atoms with van der Waals surface area (Å²) in [6.07, 6.45) is 0.371. The van der Waals surface area contributed by atoms with Gasteiger partial charge < -0.3 is 24.6 Å². The third kappa shape index (κ3) is 4.97. The summed E-state index contributed by atoms with van der Waals surface area (Å²) in [6.45, 7) is 0.153. The Labute approximate surface area is 206 Å². The van der Waals surface area contributed by atoms with Crippen LogP contribution in [0.5, 0.6) is 17.2 Å². The maximum atomic E-state index is 13.1. The number of benzene rings is 3. The monoisotopic (exact) mass is 501 g/mol. The average Bonchev–Trinajstić information content (AvgIpc) is 2.83. The van der Waals surface area contributed by atoms with Gasteiger partial charge in [0.15, 0.2) is 0 Å². The molecule has 176 valence electrons. The summed E-state index contributed by atoms with van der Waals surface area (Å²) in [7, 11) is 0. The molecule has 0 spiro atoms. The van der Waals surface area contributed by atoms with Crippen LogP contribution in [-0.4, -0.2) is 41.8 Å². The van der Waals surface area contributed by atoms with Gasteiger partial charge in [0.05, 0.1) is 34.9 Å². The minimum Gasteiger partial charge on any atom is -0.493 e. The van der Waals surface area contributed by atoms with Crippen molar-refractivity contribution >= 4 is 40.8 Å². The SMILES string of the molecule is O=C(O)C1CCOc2cc(Oc3ccc(C(=O)N(CCO)c4ccccc4Cl)cc3)c(Cl)cc21. The fourth-order valence-corrected chi connectivity index (χ4v) is 4.22. The smallest absolute Gasteiger partial charge is 0.311 e. The lowest BCUT2D eigenvalue weighted by Gasteiger charge is -2.24. The first-order chi connectivity index (χ1) is 16.4. The Bertz CT molecular complexity index is 1210. The van der Waals surface area contributed by atoms with Gasteiger partial charge in [-0.2, -0.15) is 0 Å². The number of fused-ring (bicyclic) bond motifs is 1. The van der Waals surface area contributed by atoms with E-state index in [4.69, 9.17) is 32.7 Å². The molecule has 2 N–H and O–H groups in total. The van der Waals surface area contributed by atoms with Crippen molar-refractivity contribution in [2.45, 2.75) is 12.3 Å². The number of ether oxygens (including phenoxy) is 2. The molecule has 0 aliphatic carbocycles. The van der Waals surface area contributed by atoms with Gasteiger partial charge in [0.2, 0.25) is 0 Å². The van der Waals surface area contributed by atoms with E-state index < -0.39 is 11.9 Å². The highest BCUT2D eigenvalue weighted by molar-refractivity contribution is 6.34. The molecule has 1 unspecified atom stereocenters. The Balaban J connectivity index is 1.55. The molecule has 7 nitrogen and oxygen atoms in total. The first-order valence-electron chi connectivity index (χ1n) is 10.5. The third-order valence-electron chi connectivity index (χ3n) is 5.44. The minimum absolute atomic E-state index is 0.0862. The number of hydrogen-bond acceptors (Lipinski definition) is 5. The van der Waals surface area contributed by atoms with Crippen LogP contribution < -0.4 is 14.4 Å². The number of anilines is 1. The molecule has 0 saturated heterocycles. The van der Waals surface area contributed by atoms with Crippen molar-refractivity contribution in [2.24, 2.45) is 0 Å². The van der Waals surface area contributed by atoms with Gasteiger partial charge >= 0.3 is 5.97 Å². The Morgan fingerprint density at radius 3 is 2.47 bits per heavy atom. The zero-order valence-electron chi connectivity index (χ0n) is 17.9. The highest BCUT2D eigenvalue weighted by Crippen LogP contribution is 2.42. The van der Waals surface area contributed by atoms with E-state index in [1.165, 1.54) is 4.90 Å². The van der Waals surface area contributed by atoms with Crippen LogP contribution in [0.15, 0.2) is 60.7 Å². The van der Waals surface area contributed by atoms with Crippen molar-refractivity contribution in [1.82, 2.24) is 0 Å². The maximum Gasteiger partial charge on any atom is 0.311 e. The van der Waals surface area contributed by atoms with E-state index in [1.54, 1.807) is 60.7 Å². The molecular weight excluding hydrogens is 481 g/mol. The van der Waals surface area contributed by atoms with Gasteiger partial charge in [0, 0.05) is 23.7 Å². The van der Waals surface area contributed by atoms with Crippen molar-refractivity contribution < 1.29 is 29.3 Å². The first-order valence-corrected chi connectivity index (χ1v) is 11.3. The molecule has 4 rings (SSSR count). The van der Waals surface area contributed by atoms with Crippen molar-refractivity contribution in [3.05, 3.63) is 81.8 Å². The Morgan fingerprint density at radius 1 is 1.06 bits per heavy atom. The quantitative estimate of drug-likeness (QED) is 0.451. The van der Waals surface area contributed by atoms with E-state index in [1.807, 2.05) is 0 Å². The van der Waals surface area contributed by atoms with Crippen molar-refractivity contribution in [3.63, 3.8) is 0 Å². The number of hydrogen-bond donors (Lipinski definition) is 2. The molecular formula is C25H21Cl2NO6. The first kappa shape index (κ1) is 23.9. The number of para-hydroxylation sites is 1. The highest BCUT2D eigenvalue weighted by Gasteiger charge is 2.29. The van der Waals surface area contributed by atoms with Gasteiger partial charge in [-0.1, -0.05) is 35.3 Å². The van der Waals surface area contributed by atoms with Crippen molar-refractivity contribution in [3.8, 4) is 17.2 Å². The summed E-state index contributed by atoms with van der Waals surface area (Å²) in [5, 5.41) is 19.5. The Morgan fingerprint density at radius 2 is 1.79 bits per heavy atom. The van der Waals surface area contributed by atoms with Crippen LogP contribution >= 0.6 is 23.2 Å². The number of aliphatic carboxylic acids is 1. The van der Waals surface area contributed by atoms with Gasteiger partial charge in [-0.25, -0.2) is 0 Å². The van der Waals surface area contributed by atoms with E-state index in [0.29, 0.717) is 45.5 Å². The van der Waals surface area contributed by atoms with Crippen LogP contribution in [-0.2, 0) is 4.79 Å². The van der Waals surface area contributed by atoms with E-state index in [9.17, 15) is 19.8 Å². The molecule has 1 heterocycles. The number of halogens is 2. The largest absolute Gasteiger partial charge is 0.493 e. The zero-order chi connectivity index (χ0) is 24.2. The van der Waals surface area contributed by atoms with Gasteiger partial charge in [-0.05, 0) is 48.9 Å². The second-order valence-corrected chi connectivity index (χ2v) is 8.42. The van der Waals surface area contributed by atoms with Gasteiger partial charge in [0.25, 0.3) is 5.91 Å². The Hall–Kier alpha value is -3.26. The maximum absolute atomic E-state index is 13.1. The fraction of sp³-hybridized carbons (Fsp3) is 0.200. The number of aliphatic hydroxyl groups excluding tert-OH is 1. The van der Waals surface area contributed by atoms with Crippen LogP contribution in [0.25, 0.3) is 0 Å². The molecule has 0 radical (unpaired) electrons. The summed E-state index contributed by atoms with van der Waals surface area (Å²) < 4.78 is 11.5. The number of aliphatic hydroxyl groups is 1. The molecule has 34 heavy (non-hydrogen) atoms. The summed E-state index contributed by atoms with van der Waals surface area (Å²) in [5.41, 5.74) is 1.40.